The number of hydrogen-bond acceptors (Lipinski definition) is 3. The van der Waals surface area contributed by atoms with Crippen LogP contribution in [0.2, 0.25) is 0 Å². The Labute approximate surface area is 132 Å². The third-order valence-electron chi connectivity index (χ3n) is 5.51. The summed E-state index contributed by atoms with van der Waals surface area (Å²) >= 11 is 0. The SMILES string of the molecule is O[C@@H]1[C@@H]2O[C@H]2c2c(cc3ccc4cccc5ccc2c3c45)[C@H]1O. The summed E-state index contributed by atoms with van der Waals surface area (Å²) in [5, 5.41) is 27.8. The number of hydrogen-bond donors (Lipinski definition) is 2. The molecule has 0 bridgehead atoms. The molecule has 4 aromatic rings. The molecule has 0 aromatic heterocycles. The van der Waals surface area contributed by atoms with Crippen LogP contribution in [-0.2, 0) is 4.74 Å². The van der Waals surface area contributed by atoms with Gasteiger partial charge in [0.05, 0.1) is 0 Å². The molecule has 3 nitrogen and oxygen atoms in total. The normalized spacial score (nSPS) is 29.1. The monoisotopic (exact) mass is 302 g/mol. The van der Waals surface area contributed by atoms with Crippen LogP contribution in [0.5, 0.6) is 0 Å². The van der Waals surface area contributed by atoms with Gasteiger partial charge in [0.2, 0.25) is 0 Å². The fourth-order valence-electron chi connectivity index (χ4n) is 4.40. The zero-order valence-corrected chi connectivity index (χ0v) is 12.2. The van der Waals surface area contributed by atoms with Gasteiger partial charge in [0.1, 0.15) is 24.4 Å². The second-order valence-electron chi connectivity index (χ2n) is 6.69. The van der Waals surface area contributed by atoms with Crippen LogP contribution in [0.4, 0.5) is 0 Å². The first-order valence-electron chi connectivity index (χ1n) is 7.96. The minimum absolute atomic E-state index is 0.0898. The van der Waals surface area contributed by atoms with E-state index in [1.165, 1.54) is 21.5 Å². The highest BCUT2D eigenvalue weighted by Crippen LogP contribution is 2.54. The maximum Gasteiger partial charge on any atom is 0.118 e. The number of aliphatic hydroxyl groups excluding tert-OH is 2. The van der Waals surface area contributed by atoms with E-state index in [2.05, 4.69) is 42.5 Å². The van der Waals surface area contributed by atoms with Gasteiger partial charge in [-0.25, -0.2) is 0 Å². The van der Waals surface area contributed by atoms with Gasteiger partial charge in [0.15, 0.2) is 0 Å². The van der Waals surface area contributed by atoms with Gasteiger partial charge in [0.25, 0.3) is 0 Å². The quantitative estimate of drug-likeness (QED) is 0.386. The van der Waals surface area contributed by atoms with E-state index in [1.54, 1.807) is 0 Å². The van der Waals surface area contributed by atoms with Crippen molar-refractivity contribution in [3.05, 3.63) is 59.7 Å². The van der Waals surface area contributed by atoms with Crippen LogP contribution in [0.15, 0.2) is 48.5 Å². The average Bonchev–Trinajstić information content (AvgIpc) is 3.37. The highest BCUT2D eigenvalue weighted by atomic mass is 16.6. The molecule has 1 fully saturated rings. The molecule has 0 unspecified atom stereocenters. The maximum absolute atomic E-state index is 10.5. The third kappa shape index (κ3) is 1.36. The molecule has 0 spiro atoms. The predicted octanol–water partition coefficient (Wildman–Crippen LogP) is 3.43. The summed E-state index contributed by atoms with van der Waals surface area (Å²) in [6, 6.07) is 16.9. The lowest BCUT2D eigenvalue weighted by molar-refractivity contribution is 0.000163. The molecular weight excluding hydrogens is 288 g/mol. The molecule has 1 aliphatic heterocycles. The summed E-state index contributed by atoms with van der Waals surface area (Å²) in [5.41, 5.74) is 1.86. The van der Waals surface area contributed by atoms with E-state index >= 15 is 0 Å². The number of rotatable bonds is 0. The van der Waals surface area contributed by atoms with Gasteiger partial charge in [-0.05, 0) is 49.5 Å². The van der Waals surface area contributed by atoms with Crippen LogP contribution in [0.3, 0.4) is 0 Å². The Morgan fingerprint density at radius 3 is 2.39 bits per heavy atom. The van der Waals surface area contributed by atoms with E-state index in [0.717, 1.165) is 21.9 Å². The van der Waals surface area contributed by atoms with Gasteiger partial charge in [-0.3, -0.25) is 0 Å². The number of benzene rings is 4. The van der Waals surface area contributed by atoms with Crippen molar-refractivity contribution in [1.29, 1.82) is 0 Å². The molecule has 112 valence electrons. The Morgan fingerprint density at radius 2 is 1.57 bits per heavy atom. The molecule has 0 amide bonds. The Kier molecular flexibility index (Phi) is 2.03. The van der Waals surface area contributed by atoms with Crippen molar-refractivity contribution in [2.45, 2.75) is 24.4 Å². The Morgan fingerprint density at radius 1 is 0.826 bits per heavy atom. The summed E-state index contributed by atoms with van der Waals surface area (Å²) in [5.74, 6) is 0. The van der Waals surface area contributed by atoms with Crippen molar-refractivity contribution in [1.82, 2.24) is 0 Å². The first kappa shape index (κ1) is 12.3. The van der Waals surface area contributed by atoms with Gasteiger partial charge in [-0.1, -0.05) is 42.5 Å². The average molecular weight is 302 g/mol. The molecule has 23 heavy (non-hydrogen) atoms. The number of epoxide rings is 1. The topological polar surface area (TPSA) is 53.0 Å². The fraction of sp³-hybridized carbons (Fsp3) is 0.200. The van der Waals surface area contributed by atoms with Crippen molar-refractivity contribution >= 4 is 32.3 Å². The van der Waals surface area contributed by atoms with Crippen molar-refractivity contribution in [3.63, 3.8) is 0 Å². The van der Waals surface area contributed by atoms with Gasteiger partial charge >= 0.3 is 0 Å². The molecule has 1 heterocycles. The zero-order valence-electron chi connectivity index (χ0n) is 12.2. The second kappa shape index (κ2) is 3.82. The summed E-state index contributed by atoms with van der Waals surface area (Å²) in [6.45, 7) is 0. The van der Waals surface area contributed by atoms with Crippen molar-refractivity contribution < 1.29 is 14.9 Å². The molecule has 1 aliphatic carbocycles. The molecule has 3 heteroatoms. The Bertz CT molecular complexity index is 1080. The molecule has 6 rings (SSSR count). The third-order valence-corrected chi connectivity index (χ3v) is 5.51. The van der Waals surface area contributed by atoms with E-state index in [1.807, 2.05) is 6.07 Å². The number of fused-ring (bicyclic) bond motifs is 4. The molecule has 0 saturated carbocycles. The first-order chi connectivity index (χ1) is 11.2. The minimum Gasteiger partial charge on any atom is -0.387 e. The van der Waals surface area contributed by atoms with Crippen molar-refractivity contribution in [2.75, 3.05) is 0 Å². The van der Waals surface area contributed by atoms with Crippen molar-refractivity contribution in [3.8, 4) is 0 Å². The minimum atomic E-state index is -0.879. The van der Waals surface area contributed by atoms with Crippen LogP contribution in [-0.4, -0.2) is 22.4 Å². The highest BCUT2D eigenvalue weighted by Gasteiger charge is 2.54. The predicted molar refractivity (Wildman–Crippen MR) is 88.7 cm³/mol. The van der Waals surface area contributed by atoms with E-state index in [9.17, 15) is 10.2 Å². The van der Waals surface area contributed by atoms with E-state index in [-0.39, 0.29) is 12.2 Å². The van der Waals surface area contributed by atoms with Crippen molar-refractivity contribution in [2.24, 2.45) is 0 Å². The summed E-state index contributed by atoms with van der Waals surface area (Å²) < 4.78 is 5.67. The molecular formula is C20H14O3. The first-order valence-corrected chi connectivity index (χ1v) is 7.96. The van der Waals surface area contributed by atoms with E-state index < -0.39 is 12.2 Å². The molecule has 4 aromatic carbocycles. The highest BCUT2D eigenvalue weighted by molar-refractivity contribution is 6.23. The Balaban J connectivity index is 1.86. The van der Waals surface area contributed by atoms with Crippen LogP contribution in [0, 0.1) is 0 Å². The smallest absolute Gasteiger partial charge is 0.118 e. The lowest BCUT2D eigenvalue weighted by atomic mass is 9.81. The lowest BCUT2D eigenvalue weighted by Gasteiger charge is -2.25. The van der Waals surface area contributed by atoms with Gasteiger partial charge in [-0.2, -0.15) is 0 Å². The number of ether oxygens (including phenoxy) is 1. The molecule has 0 radical (unpaired) electrons. The molecule has 2 aliphatic rings. The zero-order chi connectivity index (χ0) is 15.3. The second-order valence-corrected chi connectivity index (χ2v) is 6.69. The van der Waals surface area contributed by atoms with E-state index in [0.29, 0.717) is 0 Å². The number of aliphatic hydroxyl groups is 2. The molecule has 1 saturated heterocycles. The summed E-state index contributed by atoms with van der Waals surface area (Å²) in [7, 11) is 0. The van der Waals surface area contributed by atoms with Crippen LogP contribution >= 0.6 is 0 Å². The maximum atomic E-state index is 10.5. The Hall–Kier alpha value is -2.20. The standard InChI is InChI=1S/C20H14O3/c21-17-13-8-11-5-4-9-2-1-3-10-6-7-12(15(11)14(9)10)16(13)19-20(23-19)18(17)22/h1-8,17-22H/t17-,18+,19+,20+/m1/s1. The summed E-state index contributed by atoms with van der Waals surface area (Å²) in [6.07, 6.45) is -2.07. The van der Waals surface area contributed by atoms with E-state index in [4.69, 9.17) is 4.74 Å². The van der Waals surface area contributed by atoms with Gasteiger partial charge in [-0.15, -0.1) is 0 Å². The largest absolute Gasteiger partial charge is 0.387 e. The van der Waals surface area contributed by atoms with Gasteiger partial charge < -0.3 is 14.9 Å². The van der Waals surface area contributed by atoms with Crippen LogP contribution in [0.25, 0.3) is 32.3 Å². The molecule has 4 atom stereocenters. The fourth-order valence-corrected chi connectivity index (χ4v) is 4.40. The summed E-state index contributed by atoms with van der Waals surface area (Å²) in [4.78, 5) is 0. The van der Waals surface area contributed by atoms with Crippen LogP contribution in [0.1, 0.15) is 23.3 Å². The van der Waals surface area contributed by atoms with Gasteiger partial charge in [0, 0.05) is 0 Å². The van der Waals surface area contributed by atoms with Crippen LogP contribution < -0.4 is 0 Å². The molecule has 2 N–H and O–H groups in total. The lowest BCUT2D eigenvalue weighted by Crippen LogP contribution is -2.29.